The zero-order chi connectivity index (χ0) is 33.2. The first-order valence-corrected chi connectivity index (χ1v) is 15.6. The van der Waals surface area contributed by atoms with E-state index >= 15 is 0 Å². The zero-order valence-corrected chi connectivity index (χ0v) is 25.1. The molecule has 5 N–H and O–H groups in total. The molecule has 3 amide bonds. The van der Waals surface area contributed by atoms with Crippen molar-refractivity contribution in [3.8, 4) is 11.5 Å². The Morgan fingerprint density at radius 2 is 1.76 bits per heavy atom. The van der Waals surface area contributed by atoms with Crippen molar-refractivity contribution in [1.82, 2.24) is 4.90 Å². The van der Waals surface area contributed by atoms with Crippen LogP contribution < -0.4 is 14.8 Å². The highest BCUT2D eigenvalue weighted by Gasteiger charge is 2.48. The molecule has 17 heteroatoms. The van der Waals surface area contributed by atoms with Crippen molar-refractivity contribution in [3.05, 3.63) is 53.1 Å². The summed E-state index contributed by atoms with van der Waals surface area (Å²) < 4.78 is 45.9. The molecule has 2 aromatic carbocycles. The van der Waals surface area contributed by atoms with Gasteiger partial charge in [-0.3, -0.25) is 19.3 Å². The standard InChI is InChI=1S/C28H32N2O14S/c1-4-42-18-10-13(8-9-17(18)41-2)16(12-45(3,39)40)30-25(35)14-6-5-7-15(20(14)26(30)36)29-19(31)11-43-28-23(34)21(32)22(33)24(44-28)27(37)38/h5-10,16,21-24,28,32-34H,4,11-12H2,1-3H3,(H,29,31)(H,37,38)/t16-,21+,22+,23-,24+,28-/m1/s1. The molecule has 2 aliphatic heterocycles. The topological polar surface area (TPSA) is 236 Å². The fraction of sp³-hybridized carbons (Fsp3) is 0.429. The van der Waals surface area contributed by atoms with Gasteiger partial charge in [0.2, 0.25) is 0 Å². The van der Waals surface area contributed by atoms with E-state index in [-0.39, 0.29) is 34.7 Å². The number of amides is 3. The first kappa shape index (κ1) is 33.8. The van der Waals surface area contributed by atoms with Gasteiger partial charge in [0.25, 0.3) is 17.7 Å². The van der Waals surface area contributed by atoms with Crippen LogP contribution in [0.2, 0.25) is 0 Å². The van der Waals surface area contributed by atoms with E-state index in [0.717, 1.165) is 11.2 Å². The number of carbonyl (C=O) groups excluding carboxylic acids is 3. The number of carboxylic acids is 1. The van der Waals surface area contributed by atoms with Crippen molar-refractivity contribution in [2.24, 2.45) is 0 Å². The van der Waals surface area contributed by atoms with E-state index in [1.807, 2.05) is 0 Å². The molecule has 0 saturated carbocycles. The first-order valence-electron chi connectivity index (χ1n) is 13.5. The van der Waals surface area contributed by atoms with E-state index in [0.29, 0.717) is 5.75 Å². The molecule has 0 unspecified atom stereocenters. The second kappa shape index (κ2) is 13.5. The minimum atomic E-state index is -3.76. The molecule has 4 rings (SSSR count). The van der Waals surface area contributed by atoms with E-state index in [4.69, 9.17) is 18.9 Å². The Bertz CT molecular complexity index is 1600. The number of carboxylic acid groups (broad SMARTS) is 1. The van der Waals surface area contributed by atoms with E-state index < -0.39 is 82.6 Å². The number of methoxy groups -OCH3 is 1. The van der Waals surface area contributed by atoms with Gasteiger partial charge in [-0.25, -0.2) is 13.2 Å². The lowest BCUT2D eigenvalue weighted by atomic mass is 9.99. The van der Waals surface area contributed by atoms with Crippen LogP contribution >= 0.6 is 0 Å². The van der Waals surface area contributed by atoms with Crippen molar-refractivity contribution in [2.75, 3.05) is 37.6 Å². The average Bonchev–Trinajstić information content (AvgIpc) is 3.23. The third-order valence-electron chi connectivity index (χ3n) is 7.06. The number of imide groups is 1. The molecule has 0 spiro atoms. The Morgan fingerprint density at radius 1 is 1.04 bits per heavy atom. The molecule has 0 aliphatic carbocycles. The molecule has 0 aromatic heterocycles. The van der Waals surface area contributed by atoms with E-state index in [9.17, 15) is 48.0 Å². The number of nitrogens with zero attached hydrogens (tertiary/aromatic N) is 1. The smallest absolute Gasteiger partial charge is 0.335 e. The first-order chi connectivity index (χ1) is 21.2. The number of hydrogen-bond acceptors (Lipinski definition) is 13. The number of benzene rings is 2. The van der Waals surface area contributed by atoms with Crippen molar-refractivity contribution in [1.29, 1.82) is 0 Å². The molecule has 6 atom stereocenters. The number of fused-ring (bicyclic) bond motifs is 1. The molecule has 2 aromatic rings. The number of rotatable bonds is 12. The van der Waals surface area contributed by atoms with Crippen LogP contribution in [-0.4, -0.2) is 120 Å². The van der Waals surface area contributed by atoms with Gasteiger partial charge in [-0.05, 0) is 36.8 Å². The normalized spacial score (nSPS) is 23.8. The van der Waals surface area contributed by atoms with Crippen molar-refractivity contribution < 1.29 is 67.0 Å². The third kappa shape index (κ3) is 7.08. The van der Waals surface area contributed by atoms with Gasteiger partial charge in [-0.2, -0.15) is 0 Å². The number of sulfone groups is 1. The monoisotopic (exact) mass is 652 g/mol. The van der Waals surface area contributed by atoms with Gasteiger partial charge < -0.3 is 44.7 Å². The lowest BCUT2D eigenvalue weighted by Crippen LogP contribution is -2.60. The Hall–Kier alpha value is -4.13. The molecule has 0 bridgehead atoms. The van der Waals surface area contributed by atoms with Crippen LogP contribution in [-0.2, 0) is 28.9 Å². The highest BCUT2D eigenvalue weighted by atomic mass is 32.2. The molecule has 1 saturated heterocycles. The highest BCUT2D eigenvalue weighted by Crippen LogP contribution is 2.38. The van der Waals surface area contributed by atoms with Crippen LogP contribution in [0, 0.1) is 0 Å². The van der Waals surface area contributed by atoms with Crippen LogP contribution in [0.5, 0.6) is 11.5 Å². The fourth-order valence-corrected chi connectivity index (χ4v) is 5.92. The molecule has 244 valence electrons. The predicted octanol–water partition coefficient (Wildman–Crippen LogP) is -0.677. The number of carbonyl (C=O) groups is 4. The largest absolute Gasteiger partial charge is 0.493 e. The van der Waals surface area contributed by atoms with Crippen molar-refractivity contribution >= 4 is 39.2 Å². The molecule has 45 heavy (non-hydrogen) atoms. The number of aliphatic hydroxyl groups is 3. The maximum atomic E-state index is 13.8. The summed E-state index contributed by atoms with van der Waals surface area (Å²) in [7, 11) is -2.34. The summed E-state index contributed by atoms with van der Waals surface area (Å²) in [6.07, 6.45) is -8.60. The van der Waals surface area contributed by atoms with Gasteiger partial charge in [-0.1, -0.05) is 12.1 Å². The van der Waals surface area contributed by atoms with Gasteiger partial charge in [0.1, 0.15) is 34.8 Å². The van der Waals surface area contributed by atoms with E-state index in [1.54, 1.807) is 6.92 Å². The Labute approximate surface area is 257 Å². The molecule has 2 aliphatic rings. The minimum Gasteiger partial charge on any atom is -0.493 e. The van der Waals surface area contributed by atoms with Gasteiger partial charge in [0.05, 0.1) is 42.3 Å². The maximum Gasteiger partial charge on any atom is 0.335 e. The van der Waals surface area contributed by atoms with Crippen LogP contribution in [0.15, 0.2) is 36.4 Å². The number of aliphatic hydroxyl groups excluding tert-OH is 3. The molecular weight excluding hydrogens is 620 g/mol. The van der Waals surface area contributed by atoms with Gasteiger partial charge >= 0.3 is 5.97 Å². The van der Waals surface area contributed by atoms with Gasteiger partial charge in [0, 0.05) is 6.26 Å². The summed E-state index contributed by atoms with van der Waals surface area (Å²) >= 11 is 0. The Kier molecular flexibility index (Phi) is 10.1. The fourth-order valence-electron chi connectivity index (χ4n) is 5.00. The SMILES string of the molecule is CCOc1cc([C@@H](CS(C)(=O)=O)N2C(=O)c3cccc(NC(=O)CO[C@@H]4O[C@H](C(=O)O)[C@@H](O)[C@H](O)[C@H]4O)c3C2=O)ccc1OC. The highest BCUT2D eigenvalue weighted by molar-refractivity contribution is 7.90. The minimum absolute atomic E-state index is 0.108. The molecule has 0 radical (unpaired) electrons. The van der Waals surface area contributed by atoms with Crippen LogP contribution in [0.25, 0.3) is 0 Å². The maximum absolute atomic E-state index is 13.8. The summed E-state index contributed by atoms with van der Waals surface area (Å²) in [6.45, 7) is 1.12. The molecular formula is C28H32N2O14S. The Morgan fingerprint density at radius 3 is 2.38 bits per heavy atom. The van der Waals surface area contributed by atoms with E-state index in [2.05, 4.69) is 5.32 Å². The van der Waals surface area contributed by atoms with Crippen molar-refractivity contribution in [2.45, 2.75) is 43.7 Å². The van der Waals surface area contributed by atoms with Crippen LogP contribution in [0.3, 0.4) is 0 Å². The number of nitrogens with one attached hydrogen (secondary N) is 1. The summed E-state index contributed by atoms with van der Waals surface area (Å²) in [5.74, 6) is -4.26. The predicted molar refractivity (Wildman–Crippen MR) is 152 cm³/mol. The second-order valence-electron chi connectivity index (χ2n) is 10.3. The summed E-state index contributed by atoms with van der Waals surface area (Å²) in [6, 6.07) is 7.28. The van der Waals surface area contributed by atoms with E-state index in [1.165, 1.54) is 43.5 Å². The number of ether oxygens (including phenoxy) is 4. The second-order valence-corrected chi connectivity index (χ2v) is 12.4. The molecule has 16 nitrogen and oxygen atoms in total. The van der Waals surface area contributed by atoms with Gasteiger partial charge in [-0.15, -0.1) is 0 Å². The lowest BCUT2D eigenvalue weighted by Gasteiger charge is -2.38. The molecule has 2 heterocycles. The molecule has 1 fully saturated rings. The third-order valence-corrected chi connectivity index (χ3v) is 7.98. The summed E-state index contributed by atoms with van der Waals surface area (Å²) in [5.41, 5.74) is -0.167. The quantitative estimate of drug-likeness (QED) is 0.179. The summed E-state index contributed by atoms with van der Waals surface area (Å²) in [4.78, 5) is 52.2. The lowest BCUT2D eigenvalue weighted by molar-refractivity contribution is -0.292. The van der Waals surface area contributed by atoms with Crippen LogP contribution in [0.4, 0.5) is 5.69 Å². The van der Waals surface area contributed by atoms with Gasteiger partial charge in [0.15, 0.2) is 23.9 Å². The average molecular weight is 653 g/mol. The summed E-state index contributed by atoms with van der Waals surface area (Å²) in [5, 5.41) is 41.4. The Balaban J connectivity index is 1.58. The zero-order valence-electron chi connectivity index (χ0n) is 24.3. The number of aliphatic carboxylic acids is 1. The number of hydrogen-bond donors (Lipinski definition) is 5. The van der Waals surface area contributed by atoms with Crippen molar-refractivity contribution in [3.63, 3.8) is 0 Å². The van der Waals surface area contributed by atoms with Crippen LogP contribution in [0.1, 0.15) is 39.2 Å². The number of anilines is 1.